The predicted octanol–water partition coefficient (Wildman–Crippen LogP) is 4.61. The molecule has 2 aliphatic heterocycles. The lowest BCUT2D eigenvalue weighted by atomic mass is 9.96. The number of fused-ring (bicyclic) bond motifs is 2. The first-order valence-electron chi connectivity index (χ1n) is 12.7. The normalized spacial score (nSPS) is 18.0. The standard InChI is InChI=1S/C27H31ClFN9O/c1-16-19(6-7-23(29)33-16)26-22-14-37(35-34-22)8-5-9-39-36-38(26)18-10-20-24(32-15-27(2,3)4)17(12-30)13-31-25(20)21(28)11-18/h6-7,10-11,13-14,26,34-36H,5,8-9,15H2,1-4H3,(H,31,32)/t26-/m0/s1. The molecule has 10 nitrogen and oxygen atoms in total. The van der Waals surface area contributed by atoms with E-state index in [0.29, 0.717) is 51.7 Å². The number of halogens is 2. The molecular weight excluding hydrogens is 521 g/mol. The van der Waals surface area contributed by atoms with Crippen molar-refractivity contribution in [3.05, 3.63) is 70.2 Å². The molecule has 2 bridgehead atoms. The number of rotatable bonds is 4. The molecule has 5 rings (SSSR count). The molecule has 0 saturated heterocycles. The van der Waals surface area contributed by atoms with Crippen LogP contribution in [0.3, 0.4) is 0 Å². The van der Waals surface area contributed by atoms with Crippen molar-refractivity contribution in [2.75, 3.05) is 30.0 Å². The number of pyridine rings is 2. The van der Waals surface area contributed by atoms with Crippen LogP contribution in [0.2, 0.25) is 5.02 Å². The van der Waals surface area contributed by atoms with Gasteiger partial charge in [-0.25, -0.2) is 4.98 Å². The number of hydrogen-bond donors (Lipinski definition) is 4. The molecule has 1 aromatic carbocycles. The van der Waals surface area contributed by atoms with Crippen LogP contribution >= 0.6 is 11.6 Å². The number of anilines is 2. The monoisotopic (exact) mass is 551 g/mol. The molecule has 0 amide bonds. The van der Waals surface area contributed by atoms with Crippen LogP contribution < -0.4 is 26.9 Å². The summed E-state index contributed by atoms with van der Waals surface area (Å²) in [5, 5.41) is 18.2. The molecule has 2 aliphatic rings. The number of aromatic nitrogens is 2. The fourth-order valence-corrected chi connectivity index (χ4v) is 4.86. The van der Waals surface area contributed by atoms with Crippen molar-refractivity contribution in [1.82, 2.24) is 31.5 Å². The van der Waals surface area contributed by atoms with E-state index < -0.39 is 12.0 Å². The van der Waals surface area contributed by atoms with Crippen molar-refractivity contribution < 1.29 is 9.23 Å². The average molecular weight is 552 g/mol. The van der Waals surface area contributed by atoms with Gasteiger partial charge in [0.2, 0.25) is 5.95 Å². The van der Waals surface area contributed by atoms with Crippen LogP contribution in [0.15, 0.2) is 42.4 Å². The molecule has 2 aromatic heterocycles. The van der Waals surface area contributed by atoms with E-state index in [2.05, 4.69) is 58.7 Å². The SMILES string of the molecule is Cc1nc(F)ccc1[C@H]1C2=CN(CCCONN1c1cc(Cl)c3ncc(C#N)c(NCC(C)(C)C)c3c1)NN2. The smallest absolute Gasteiger partial charge is 0.213 e. The van der Waals surface area contributed by atoms with Gasteiger partial charge >= 0.3 is 0 Å². The summed E-state index contributed by atoms with van der Waals surface area (Å²) in [5.41, 5.74) is 13.8. The van der Waals surface area contributed by atoms with Crippen LogP contribution in [-0.4, -0.2) is 34.7 Å². The fourth-order valence-electron chi connectivity index (χ4n) is 4.59. The summed E-state index contributed by atoms with van der Waals surface area (Å²) in [5.74, 6) is -0.557. The van der Waals surface area contributed by atoms with Crippen molar-refractivity contribution in [1.29, 1.82) is 5.26 Å². The molecule has 0 radical (unpaired) electrons. The van der Waals surface area contributed by atoms with Gasteiger partial charge in [-0.2, -0.15) is 9.65 Å². The van der Waals surface area contributed by atoms with Crippen molar-refractivity contribution in [3.8, 4) is 6.07 Å². The summed E-state index contributed by atoms with van der Waals surface area (Å²) >= 11 is 6.81. The highest BCUT2D eigenvalue weighted by atomic mass is 35.5. The summed E-state index contributed by atoms with van der Waals surface area (Å²) in [6, 6.07) is 8.49. The molecule has 0 spiro atoms. The largest absolute Gasteiger partial charge is 0.383 e. The van der Waals surface area contributed by atoms with Gasteiger partial charge in [0.25, 0.3) is 0 Å². The molecule has 3 aromatic rings. The van der Waals surface area contributed by atoms with Gasteiger partial charge in [0.05, 0.1) is 39.8 Å². The lowest BCUT2D eigenvalue weighted by Crippen LogP contribution is -2.45. The number of nitriles is 1. The Bertz CT molecular complexity index is 1470. The Morgan fingerprint density at radius 2 is 2.13 bits per heavy atom. The molecule has 39 heavy (non-hydrogen) atoms. The van der Waals surface area contributed by atoms with Crippen LogP contribution in [0.1, 0.15) is 50.1 Å². The van der Waals surface area contributed by atoms with Gasteiger partial charge < -0.3 is 10.7 Å². The quantitative estimate of drug-likeness (QED) is 0.343. The number of hydrazine groups is 3. The Hall–Kier alpha value is -3.69. The first-order valence-corrected chi connectivity index (χ1v) is 13.1. The van der Waals surface area contributed by atoms with Gasteiger partial charge in [-0.3, -0.25) is 19.8 Å². The van der Waals surface area contributed by atoms with Crippen LogP contribution in [0.4, 0.5) is 15.8 Å². The van der Waals surface area contributed by atoms with Crippen molar-refractivity contribution in [2.24, 2.45) is 5.41 Å². The van der Waals surface area contributed by atoms with Crippen LogP contribution in [0.25, 0.3) is 10.9 Å². The van der Waals surface area contributed by atoms with E-state index in [9.17, 15) is 9.65 Å². The third kappa shape index (κ3) is 5.69. The van der Waals surface area contributed by atoms with Gasteiger partial charge in [-0.05, 0) is 37.0 Å². The zero-order chi connectivity index (χ0) is 27.7. The van der Waals surface area contributed by atoms with E-state index in [1.807, 2.05) is 22.3 Å². The Balaban J connectivity index is 1.70. The summed E-state index contributed by atoms with van der Waals surface area (Å²) in [6.07, 6.45) is 4.27. The van der Waals surface area contributed by atoms with Crippen LogP contribution in [0, 0.1) is 29.6 Å². The lowest BCUT2D eigenvalue weighted by Gasteiger charge is -2.35. The third-order valence-corrected chi connectivity index (χ3v) is 6.78. The first-order chi connectivity index (χ1) is 18.6. The minimum Gasteiger partial charge on any atom is -0.383 e. The average Bonchev–Trinajstić information content (AvgIpc) is 3.34. The van der Waals surface area contributed by atoms with E-state index in [-0.39, 0.29) is 5.41 Å². The fraction of sp³-hybridized carbons (Fsp3) is 0.370. The second-order valence-electron chi connectivity index (χ2n) is 10.8. The molecule has 4 N–H and O–H groups in total. The second kappa shape index (κ2) is 10.8. The number of nitrogens with one attached hydrogen (secondary N) is 4. The second-order valence-corrected chi connectivity index (χ2v) is 11.2. The van der Waals surface area contributed by atoms with Gasteiger partial charge in [0, 0.05) is 42.1 Å². The number of benzene rings is 1. The van der Waals surface area contributed by atoms with Crippen LogP contribution in [0.5, 0.6) is 0 Å². The Morgan fingerprint density at radius 3 is 2.87 bits per heavy atom. The van der Waals surface area contributed by atoms with E-state index in [0.717, 1.165) is 24.2 Å². The van der Waals surface area contributed by atoms with Gasteiger partial charge in [-0.1, -0.05) is 38.4 Å². The van der Waals surface area contributed by atoms with E-state index in [1.54, 1.807) is 19.1 Å². The summed E-state index contributed by atoms with van der Waals surface area (Å²) in [6.45, 7) is 9.90. The maximum absolute atomic E-state index is 14.0. The first kappa shape index (κ1) is 26.9. The summed E-state index contributed by atoms with van der Waals surface area (Å²) in [7, 11) is 0. The highest BCUT2D eigenvalue weighted by molar-refractivity contribution is 6.35. The molecule has 4 heterocycles. The van der Waals surface area contributed by atoms with E-state index >= 15 is 0 Å². The minimum absolute atomic E-state index is 0.0311. The maximum atomic E-state index is 14.0. The van der Waals surface area contributed by atoms with Gasteiger partial charge in [0.1, 0.15) is 12.1 Å². The zero-order valence-corrected chi connectivity index (χ0v) is 23.0. The maximum Gasteiger partial charge on any atom is 0.213 e. The third-order valence-electron chi connectivity index (χ3n) is 6.49. The van der Waals surface area contributed by atoms with E-state index in [4.69, 9.17) is 16.4 Å². The molecule has 0 fully saturated rings. The Morgan fingerprint density at radius 1 is 1.31 bits per heavy atom. The lowest BCUT2D eigenvalue weighted by molar-refractivity contribution is 0.0241. The number of aryl methyl sites for hydroxylation is 1. The number of nitrogens with zero attached hydrogens (tertiary/aromatic N) is 5. The molecule has 12 heteroatoms. The van der Waals surface area contributed by atoms with Crippen molar-refractivity contribution in [2.45, 2.75) is 40.2 Å². The van der Waals surface area contributed by atoms with E-state index in [1.165, 1.54) is 12.3 Å². The molecule has 0 saturated carbocycles. The van der Waals surface area contributed by atoms with Gasteiger partial charge in [0.15, 0.2) is 0 Å². The predicted molar refractivity (Wildman–Crippen MR) is 148 cm³/mol. The molecule has 204 valence electrons. The molecular formula is C27H31ClFN9O. The van der Waals surface area contributed by atoms with Gasteiger partial charge in [-0.15, -0.1) is 11.1 Å². The summed E-state index contributed by atoms with van der Waals surface area (Å²) in [4.78, 5) is 14.4. The van der Waals surface area contributed by atoms with Crippen LogP contribution in [-0.2, 0) is 4.84 Å². The minimum atomic E-state index is -0.557. The molecule has 0 aliphatic carbocycles. The molecule has 0 unspecified atom stereocenters. The van der Waals surface area contributed by atoms with Crippen molar-refractivity contribution in [3.63, 3.8) is 0 Å². The number of hydrogen-bond acceptors (Lipinski definition) is 10. The van der Waals surface area contributed by atoms with Crippen molar-refractivity contribution >= 4 is 33.9 Å². The summed E-state index contributed by atoms with van der Waals surface area (Å²) < 4.78 is 14.0. The Kier molecular flexibility index (Phi) is 7.46. The highest BCUT2D eigenvalue weighted by Crippen LogP contribution is 2.39. The molecule has 1 atom stereocenters. The topological polar surface area (TPSA) is 113 Å². The Labute approximate surface area is 231 Å². The zero-order valence-electron chi connectivity index (χ0n) is 22.3. The highest BCUT2D eigenvalue weighted by Gasteiger charge is 2.32.